The van der Waals surface area contributed by atoms with Crippen molar-refractivity contribution in [1.29, 1.82) is 0 Å². The lowest BCUT2D eigenvalue weighted by Crippen LogP contribution is -2.25. The van der Waals surface area contributed by atoms with Crippen LogP contribution in [0.2, 0.25) is 0 Å². The summed E-state index contributed by atoms with van der Waals surface area (Å²) in [5.41, 5.74) is 0. The maximum atomic E-state index is 3.77. The molecule has 0 bridgehead atoms. The highest BCUT2D eigenvalue weighted by Crippen LogP contribution is 2.41. The summed E-state index contributed by atoms with van der Waals surface area (Å²) in [5.74, 6) is 3.25. The third-order valence-electron chi connectivity index (χ3n) is 4.96. The van der Waals surface area contributed by atoms with E-state index in [1.165, 1.54) is 51.4 Å². The Hall–Kier alpha value is 0.480. The van der Waals surface area contributed by atoms with Gasteiger partial charge < -0.3 is 0 Å². The van der Waals surface area contributed by atoms with Crippen LogP contribution in [0.25, 0.3) is 0 Å². The first-order valence-electron chi connectivity index (χ1n) is 7.43. The maximum absolute atomic E-state index is 3.77. The molecule has 0 aliphatic heterocycles. The number of hydrogen-bond acceptors (Lipinski definition) is 0. The Bertz CT molecular complexity index is 186. The van der Waals surface area contributed by atoms with E-state index in [0.717, 1.165) is 22.6 Å². The summed E-state index contributed by atoms with van der Waals surface area (Å²) in [4.78, 5) is 0.834. The zero-order valence-corrected chi connectivity index (χ0v) is 12.3. The summed E-state index contributed by atoms with van der Waals surface area (Å²) in [6, 6.07) is 0. The van der Waals surface area contributed by atoms with Crippen LogP contribution in [0.4, 0.5) is 0 Å². The molecule has 0 saturated heterocycles. The van der Waals surface area contributed by atoms with Gasteiger partial charge in [-0.05, 0) is 56.3 Å². The molecule has 0 nitrogen and oxygen atoms in total. The van der Waals surface area contributed by atoms with Crippen molar-refractivity contribution in [1.82, 2.24) is 0 Å². The van der Waals surface area contributed by atoms with Crippen molar-refractivity contribution in [3.63, 3.8) is 0 Å². The summed E-state index contributed by atoms with van der Waals surface area (Å²) in [7, 11) is 0. The first kappa shape index (κ1) is 12.9. The SMILES string of the molecule is CCCC1CCC(C2CCC(Br)CC2)CC1. The zero-order chi connectivity index (χ0) is 11.4. The van der Waals surface area contributed by atoms with Gasteiger partial charge in [0.05, 0.1) is 0 Å². The fourth-order valence-electron chi connectivity index (χ4n) is 3.91. The molecule has 2 fully saturated rings. The average molecular weight is 287 g/mol. The third-order valence-corrected chi connectivity index (χ3v) is 5.87. The molecule has 94 valence electrons. The number of halogens is 1. The third kappa shape index (κ3) is 3.48. The van der Waals surface area contributed by atoms with E-state index < -0.39 is 0 Å². The monoisotopic (exact) mass is 286 g/mol. The van der Waals surface area contributed by atoms with Gasteiger partial charge in [0.2, 0.25) is 0 Å². The predicted octanol–water partition coefficient (Wildman–Crippen LogP) is 5.55. The van der Waals surface area contributed by atoms with Crippen LogP contribution in [0.5, 0.6) is 0 Å². The van der Waals surface area contributed by atoms with E-state index >= 15 is 0 Å². The minimum atomic E-state index is 0.834. The van der Waals surface area contributed by atoms with Crippen molar-refractivity contribution in [2.24, 2.45) is 17.8 Å². The fraction of sp³-hybridized carbons (Fsp3) is 1.00. The molecule has 0 aromatic rings. The van der Waals surface area contributed by atoms with Crippen LogP contribution in [0.1, 0.15) is 71.1 Å². The Morgan fingerprint density at radius 1 is 0.812 bits per heavy atom. The molecule has 2 rings (SSSR count). The molecule has 2 saturated carbocycles. The second-order valence-corrected chi connectivity index (χ2v) is 7.38. The minimum Gasteiger partial charge on any atom is -0.0891 e. The smallest absolute Gasteiger partial charge is 0.0146 e. The Balaban J connectivity index is 1.72. The molecule has 2 aliphatic carbocycles. The second-order valence-electron chi connectivity index (χ2n) is 6.08. The average Bonchev–Trinajstić information content (AvgIpc) is 2.32. The van der Waals surface area contributed by atoms with E-state index in [-0.39, 0.29) is 0 Å². The van der Waals surface area contributed by atoms with Gasteiger partial charge in [0.1, 0.15) is 0 Å². The summed E-state index contributed by atoms with van der Waals surface area (Å²) < 4.78 is 0. The van der Waals surface area contributed by atoms with Gasteiger partial charge in [0.25, 0.3) is 0 Å². The minimum absolute atomic E-state index is 0.834. The molecular formula is C15H27Br. The van der Waals surface area contributed by atoms with E-state index in [9.17, 15) is 0 Å². The summed E-state index contributed by atoms with van der Waals surface area (Å²) in [6.45, 7) is 2.34. The van der Waals surface area contributed by atoms with Crippen molar-refractivity contribution in [3.05, 3.63) is 0 Å². The topological polar surface area (TPSA) is 0 Å². The van der Waals surface area contributed by atoms with Crippen molar-refractivity contribution < 1.29 is 0 Å². The zero-order valence-electron chi connectivity index (χ0n) is 10.8. The fourth-order valence-corrected chi connectivity index (χ4v) is 4.44. The van der Waals surface area contributed by atoms with Gasteiger partial charge in [0.15, 0.2) is 0 Å². The standard InChI is InChI=1S/C15H27Br/c1-2-3-12-4-6-13(7-5-12)14-8-10-15(16)11-9-14/h12-15H,2-11H2,1H3. The Kier molecular flexibility index (Phi) is 5.19. The molecule has 0 heterocycles. The van der Waals surface area contributed by atoms with Gasteiger partial charge >= 0.3 is 0 Å². The normalized spacial score (nSPS) is 40.9. The highest BCUT2D eigenvalue weighted by Gasteiger charge is 2.29. The second kappa shape index (κ2) is 6.42. The van der Waals surface area contributed by atoms with E-state index in [0.29, 0.717) is 0 Å². The van der Waals surface area contributed by atoms with Crippen LogP contribution < -0.4 is 0 Å². The van der Waals surface area contributed by atoms with E-state index in [2.05, 4.69) is 22.9 Å². The largest absolute Gasteiger partial charge is 0.0891 e. The van der Waals surface area contributed by atoms with Crippen LogP contribution in [0.15, 0.2) is 0 Å². The van der Waals surface area contributed by atoms with Crippen LogP contribution in [0.3, 0.4) is 0 Å². The summed E-state index contributed by atoms with van der Waals surface area (Å²) >= 11 is 3.77. The molecule has 0 N–H and O–H groups in total. The molecule has 0 unspecified atom stereocenters. The highest BCUT2D eigenvalue weighted by atomic mass is 79.9. The Morgan fingerprint density at radius 2 is 1.31 bits per heavy atom. The van der Waals surface area contributed by atoms with Crippen molar-refractivity contribution >= 4 is 15.9 Å². The van der Waals surface area contributed by atoms with Gasteiger partial charge in [-0.15, -0.1) is 0 Å². The number of rotatable bonds is 3. The molecule has 0 radical (unpaired) electrons. The van der Waals surface area contributed by atoms with Crippen LogP contribution >= 0.6 is 15.9 Å². The molecule has 0 atom stereocenters. The number of alkyl halides is 1. The molecule has 0 aromatic heterocycles. The number of hydrogen-bond donors (Lipinski definition) is 0. The van der Waals surface area contributed by atoms with Crippen molar-refractivity contribution in [2.75, 3.05) is 0 Å². The molecule has 0 aromatic carbocycles. The van der Waals surface area contributed by atoms with Crippen LogP contribution in [0, 0.1) is 17.8 Å². The van der Waals surface area contributed by atoms with Crippen LogP contribution in [-0.2, 0) is 0 Å². The maximum Gasteiger partial charge on any atom is 0.0146 e. The van der Waals surface area contributed by atoms with Gasteiger partial charge in [-0.25, -0.2) is 0 Å². The lowest BCUT2D eigenvalue weighted by Gasteiger charge is -2.36. The molecular weight excluding hydrogens is 260 g/mol. The molecule has 0 spiro atoms. The summed E-state index contributed by atoms with van der Waals surface area (Å²) in [5, 5.41) is 0. The van der Waals surface area contributed by atoms with Crippen molar-refractivity contribution in [2.45, 2.75) is 76.0 Å². The molecule has 1 heteroatoms. The van der Waals surface area contributed by atoms with E-state index in [1.54, 1.807) is 12.8 Å². The molecule has 0 amide bonds. The van der Waals surface area contributed by atoms with Gasteiger partial charge in [0, 0.05) is 4.83 Å². The predicted molar refractivity (Wildman–Crippen MR) is 75.0 cm³/mol. The van der Waals surface area contributed by atoms with Gasteiger partial charge in [-0.1, -0.05) is 48.5 Å². The Morgan fingerprint density at radius 3 is 1.81 bits per heavy atom. The lowest BCUT2D eigenvalue weighted by atomic mass is 9.70. The van der Waals surface area contributed by atoms with Gasteiger partial charge in [-0.2, -0.15) is 0 Å². The summed E-state index contributed by atoms with van der Waals surface area (Å²) in [6.07, 6.45) is 14.9. The first-order chi connectivity index (χ1) is 7.79. The van der Waals surface area contributed by atoms with Crippen molar-refractivity contribution in [3.8, 4) is 0 Å². The van der Waals surface area contributed by atoms with Crippen LogP contribution in [-0.4, -0.2) is 4.83 Å². The van der Waals surface area contributed by atoms with E-state index in [1.807, 2.05) is 0 Å². The lowest BCUT2D eigenvalue weighted by molar-refractivity contribution is 0.165. The Labute approximate surface area is 110 Å². The van der Waals surface area contributed by atoms with E-state index in [4.69, 9.17) is 0 Å². The quantitative estimate of drug-likeness (QED) is 0.597. The molecule has 2 aliphatic rings. The van der Waals surface area contributed by atoms with Gasteiger partial charge in [-0.3, -0.25) is 0 Å². The highest BCUT2D eigenvalue weighted by molar-refractivity contribution is 9.09. The first-order valence-corrected chi connectivity index (χ1v) is 8.35. The molecule has 16 heavy (non-hydrogen) atoms.